The van der Waals surface area contributed by atoms with E-state index in [9.17, 15) is 9.59 Å². The van der Waals surface area contributed by atoms with Crippen molar-refractivity contribution in [2.24, 2.45) is 0 Å². The van der Waals surface area contributed by atoms with Crippen LogP contribution >= 0.6 is 11.6 Å². The molecule has 102 valence electrons. The second kappa shape index (κ2) is 5.88. The third-order valence-corrected chi connectivity index (χ3v) is 3.25. The SMILES string of the molecule is COC(=O)c1ccc(C(=O)c2cc(Cl)ccc2C)cc1. The van der Waals surface area contributed by atoms with Crippen LogP contribution in [0.4, 0.5) is 0 Å². The van der Waals surface area contributed by atoms with Crippen LogP contribution in [0.25, 0.3) is 0 Å². The standard InChI is InChI=1S/C16H13ClO3/c1-10-3-8-13(17)9-14(10)15(18)11-4-6-12(7-5-11)16(19)20-2/h3-9H,1-2H3. The van der Waals surface area contributed by atoms with E-state index in [1.165, 1.54) is 7.11 Å². The van der Waals surface area contributed by atoms with Gasteiger partial charge in [-0.2, -0.15) is 0 Å². The molecule has 2 aromatic carbocycles. The number of ketones is 1. The quantitative estimate of drug-likeness (QED) is 0.639. The molecule has 0 spiro atoms. The summed E-state index contributed by atoms with van der Waals surface area (Å²) in [5.74, 6) is -0.552. The van der Waals surface area contributed by atoms with Gasteiger partial charge in [-0.25, -0.2) is 4.79 Å². The van der Waals surface area contributed by atoms with Gasteiger partial charge >= 0.3 is 5.97 Å². The predicted molar refractivity (Wildman–Crippen MR) is 77.4 cm³/mol. The predicted octanol–water partition coefficient (Wildman–Crippen LogP) is 3.67. The lowest BCUT2D eigenvalue weighted by Crippen LogP contribution is -2.05. The highest BCUT2D eigenvalue weighted by Crippen LogP contribution is 2.19. The summed E-state index contributed by atoms with van der Waals surface area (Å²) in [6.45, 7) is 1.85. The largest absolute Gasteiger partial charge is 0.465 e. The number of aryl methyl sites for hydroxylation is 1. The first-order valence-corrected chi connectivity index (χ1v) is 6.40. The Morgan fingerprint density at radius 3 is 2.20 bits per heavy atom. The van der Waals surface area contributed by atoms with Crippen molar-refractivity contribution in [2.45, 2.75) is 6.92 Å². The van der Waals surface area contributed by atoms with Crippen LogP contribution in [0.1, 0.15) is 31.8 Å². The molecule has 20 heavy (non-hydrogen) atoms. The monoisotopic (exact) mass is 288 g/mol. The summed E-state index contributed by atoms with van der Waals surface area (Å²) in [7, 11) is 1.32. The van der Waals surface area contributed by atoms with Crippen LogP contribution in [-0.2, 0) is 4.74 Å². The first kappa shape index (κ1) is 14.3. The summed E-state index contributed by atoms with van der Waals surface area (Å²) >= 11 is 5.92. The van der Waals surface area contributed by atoms with Gasteiger partial charge in [0, 0.05) is 16.1 Å². The summed E-state index contributed by atoms with van der Waals surface area (Å²) in [6, 6.07) is 11.5. The summed E-state index contributed by atoms with van der Waals surface area (Å²) in [4.78, 5) is 23.7. The lowest BCUT2D eigenvalue weighted by Gasteiger charge is -2.06. The second-order valence-corrected chi connectivity index (χ2v) is 4.79. The Bertz CT molecular complexity index is 660. The fraction of sp³-hybridized carbons (Fsp3) is 0.125. The van der Waals surface area contributed by atoms with E-state index in [1.807, 2.05) is 6.92 Å². The minimum absolute atomic E-state index is 0.124. The third kappa shape index (κ3) is 2.89. The number of halogens is 1. The summed E-state index contributed by atoms with van der Waals surface area (Å²) in [5, 5.41) is 0.519. The maximum atomic E-state index is 12.4. The average molecular weight is 289 g/mol. The minimum Gasteiger partial charge on any atom is -0.465 e. The highest BCUT2D eigenvalue weighted by molar-refractivity contribution is 6.31. The Labute approximate surface area is 122 Å². The van der Waals surface area contributed by atoms with E-state index in [0.29, 0.717) is 21.7 Å². The molecule has 3 nitrogen and oxygen atoms in total. The lowest BCUT2D eigenvalue weighted by atomic mass is 9.98. The number of hydrogen-bond acceptors (Lipinski definition) is 3. The highest BCUT2D eigenvalue weighted by Gasteiger charge is 2.13. The van der Waals surface area contributed by atoms with Gasteiger partial charge in [0.15, 0.2) is 5.78 Å². The average Bonchev–Trinajstić information content (AvgIpc) is 2.48. The molecule has 0 N–H and O–H groups in total. The van der Waals surface area contributed by atoms with E-state index in [2.05, 4.69) is 4.74 Å². The van der Waals surface area contributed by atoms with Crippen molar-refractivity contribution in [3.63, 3.8) is 0 Å². The van der Waals surface area contributed by atoms with E-state index >= 15 is 0 Å². The van der Waals surface area contributed by atoms with E-state index in [0.717, 1.165) is 5.56 Å². The molecule has 0 unspecified atom stereocenters. The van der Waals surface area contributed by atoms with Gasteiger partial charge in [-0.05, 0) is 36.8 Å². The van der Waals surface area contributed by atoms with Crippen LogP contribution in [-0.4, -0.2) is 18.9 Å². The van der Waals surface area contributed by atoms with E-state index < -0.39 is 5.97 Å². The molecule has 0 aliphatic carbocycles. The van der Waals surface area contributed by atoms with E-state index in [1.54, 1.807) is 42.5 Å². The van der Waals surface area contributed by atoms with Gasteiger partial charge in [0.1, 0.15) is 0 Å². The highest BCUT2D eigenvalue weighted by atomic mass is 35.5. The third-order valence-electron chi connectivity index (χ3n) is 3.01. The Balaban J connectivity index is 2.34. The normalized spacial score (nSPS) is 10.2. The van der Waals surface area contributed by atoms with Crippen molar-refractivity contribution in [3.8, 4) is 0 Å². The fourth-order valence-corrected chi connectivity index (χ4v) is 2.04. The Hall–Kier alpha value is -2.13. The number of benzene rings is 2. The van der Waals surface area contributed by atoms with Gasteiger partial charge < -0.3 is 4.74 Å². The first-order valence-electron chi connectivity index (χ1n) is 6.02. The van der Waals surface area contributed by atoms with E-state index in [4.69, 9.17) is 11.6 Å². The molecule has 0 aliphatic rings. The molecule has 0 fully saturated rings. The summed E-state index contributed by atoms with van der Waals surface area (Å²) < 4.78 is 4.61. The molecule has 2 rings (SSSR count). The smallest absolute Gasteiger partial charge is 0.337 e. The molecule has 0 aliphatic heterocycles. The van der Waals surface area contributed by atoms with Crippen LogP contribution in [0.3, 0.4) is 0 Å². The molecular formula is C16H13ClO3. The minimum atomic E-state index is -0.428. The number of ether oxygens (including phenoxy) is 1. The van der Waals surface area contributed by atoms with Gasteiger partial charge in [-0.3, -0.25) is 4.79 Å². The molecule has 0 radical (unpaired) electrons. The van der Waals surface area contributed by atoms with Gasteiger partial charge in [0.25, 0.3) is 0 Å². The molecule has 0 bridgehead atoms. The number of methoxy groups -OCH3 is 1. The molecule has 0 saturated heterocycles. The lowest BCUT2D eigenvalue weighted by molar-refractivity contribution is 0.0600. The zero-order chi connectivity index (χ0) is 14.7. The maximum absolute atomic E-state index is 12.4. The van der Waals surface area contributed by atoms with Crippen molar-refractivity contribution in [1.82, 2.24) is 0 Å². The molecule has 0 heterocycles. The van der Waals surface area contributed by atoms with Gasteiger partial charge in [-0.1, -0.05) is 29.8 Å². The zero-order valence-electron chi connectivity index (χ0n) is 11.1. The molecule has 0 amide bonds. The number of carbonyl (C=O) groups excluding carboxylic acids is 2. The topological polar surface area (TPSA) is 43.4 Å². The van der Waals surface area contributed by atoms with Crippen LogP contribution in [0.15, 0.2) is 42.5 Å². The fourth-order valence-electron chi connectivity index (χ4n) is 1.87. The van der Waals surface area contributed by atoms with Crippen LogP contribution < -0.4 is 0 Å². The first-order chi connectivity index (χ1) is 9.52. The molecule has 2 aromatic rings. The summed E-state index contributed by atoms with van der Waals surface area (Å²) in [6.07, 6.45) is 0. The molecule has 0 saturated carbocycles. The molecule has 0 atom stereocenters. The van der Waals surface area contributed by atoms with Crippen molar-refractivity contribution in [1.29, 1.82) is 0 Å². The second-order valence-electron chi connectivity index (χ2n) is 4.36. The number of rotatable bonds is 3. The Kier molecular flexibility index (Phi) is 4.20. The molecule has 0 aromatic heterocycles. The number of hydrogen-bond donors (Lipinski definition) is 0. The maximum Gasteiger partial charge on any atom is 0.337 e. The van der Waals surface area contributed by atoms with E-state index in [-0.39, 0.29) is 5.78 Å². The zero-order valence-corrected chi connectivity index (χ0v) is 11.9. The van der Waals surface area contributed by atoms with Gasteiger partial charge in [-0.15, -0.1) is 0 Å². The summed E-state index contributed by atoms with van der Waals surface area (Å²) in [5.41, 5.74) is 2.33. The van der Waals surface area contributed by atoms with Crippen molar-refractivity contribution in [2.75, 3.05) is 7.11 Å². The molecular weight excluding hydrogens is 276 g/mol. The van der Waals surface area contributed by atoms with Crippen LogP contribution in [0.2, 0.25) is 5.02 Å². The number of esters is 1. The van der Waals surface area contributed by atoms with Gasteiger partial charge in [0.05, 0.1) is 12.7 Å². The Morgan fingerprint density at radius 1 is 1.00 bits per heavy atom. The van der Waals surface area contributed by atoms with Crippen molar-refractivity contribution >= 4 is 23.4 Å². The Morgan fingerprint density at radius 2 is 1.60 bits per heavy atom. The van der Waals surface area contributed by atoms with Crippen LogP contribution in [0.5, 0.6) is 0 Å². The van der Waals surface area contributed by atoms with Gasteiger partial charge in [0.2, 0.25) is 0 Å². The van der Waals surface area contributed by atoms with Crippen LogP contribution in [0, 0.1) is 6.92 Å². The number of carbonyl (C=O) groups is 2. The molecule has 4 heteroatoms. The van der Waals surface area contributed by atoms with Crippen molar-refractivity contribution in [3.05, 3.63) is 69.7 Å². The van der Waals surface area contributed by atoms with Crippen molar-refractivity contribution < 1.29 is 14.3 Å².